The highest BCUT2D eigenvalue weighted by Crippen LogP contribution is 2.38. The largest absolute Gasteiger partial charge is 0.497 e. The van der Waals surface area contributed by atoms with Crippen LogP contribution in [-0.2, 0) is 24.1 Å². The monoisotopic (exact) mass is 483 g/mol. The van der Waals surface area contributed by atoms with E-state index in [1.165, 1.54) is 35.0 Å². The zero-order chi connectivity index (χ0) is 22.9. The van der Waals surface area contributed by atoms with E-state index < -0.39 is 0 Å². The van der Waals surface area contributed by atoms with Crippen molar-refractivity contribution < 1.29 is 14.3 Å². The summed E-state index contributed by atoms with van der Waals surface area (Å²) in [6, 6.07) is 5.27. The van der Waals surface area contributed by atoms with Gasteiger partial charge in [-0.15, -0.1) is 21.5 Å². The fourth-order valence-corrected chi connectivity index (χ4v) is 6.26. The predicted octanol–water partition coefficient (Wildman–Crippen LogP) is 4.53. The summed E-state index contributed by atoms with van der Waals surface area (Å²) in [5.74, 6) is 2.20. The van der Waals surface area contributed by atoms with Crippen molar-refractivity contribution in [3.8, 4) is 11.5 Å². The second kappa shape index (κ2) is 9.18. The molecule has 1 N–H and O–H groups in total. The summed E-state index contributed by atoms with van der Waals surface area (Å²) in [5, 5.41) is 13.7. The van der Waals surface area contributed by atoms with Crippen LogP contribution < -0.4 is 14.8 Å². The van der Waals surface area contributed by atoms with Crippen LogP contribution in [-0.4, -0.2) is 45.5 Å². The van der Waals surface area contributed by atoms with Gasteiger partial charge in [-0.25, -0.2) is 4.98 Å². The van der Waals surface area contributed by atoms with Crippen LogP contribution in [0.15, 0.2) is 23.4 Å². The predicted molar refractivity (Wildman–Crippen MR) is 131 cm³/mol. The maximum atomic E-state index is 12.7. The molecule has 0 atom stereocenters. The molecule has 0 saturated carbocycles. The number of aromatic nitrogens is 4. The highest BCUT2D eigenvalue weighted by atomic mass is 32.2. The molecular formula is C23H25N5O3S2. The van der Waals surface area contributed by atoms with Gasteiger partial charge >= 0.3 is 0 Å². The van der Waals surface area contributed by atoms with Gasteiger partial charge in [-0.3, -0.25) is 9.20 Å². The molecule has 10 heteroatoms. The Hall–Kier alpha value is -2.85. The topological polar surface area (TPSA) is 90.6 Å². The third kappa shape index (κ3) is 4.13. The number of aryl methyl sites for hydroxylation is 3. The number of hydrogen-bond donors (Lipinski definition) is 1. The SMILES string of the molecule is CCc1nc2sc3c(c2c2nnc(SCC(=O)Nc4cc(OC)cc(OC)c4)n12)CCCC3. The summed E-state index contributed by atoms with van der Waals surface area (Å²) in [5.41, 5.74) is 2.86. The molecule has 1 amide bonds. The number of nitrogens with zero attached hydrogens (tertiary/aromatic N) is 4. The number of thiophene rings is 1. The Morgan fingerprint density at radius 3 is 2.64 bits per heavy atom. The first kappa shape index (κ1) is 22.0. The molecule has 8 nitrogen and oxygen atoms in total. The Labute approximate surface area is 199 Å². The van der Waals surface area contributed by atoms with E-state index >= 15 is 0 Å². The molecule has 1 aromatic carbocycles. The lowest BCUT2D eigenvalue weighted by Gasteiger charge is -2.11. The maximum absolute atomic E-state index is 12.7. The van der Waals surface area contributed by atoms with Crippen LogP contribution in [0.4, 0.5) is 5.69 Å². The number of carbonyl (C=O) groups is 1. The highest BCUT2D eigenvalue weighted by Gasteiger charge is 2.23. The molecule has 5 rings (SSSR count). The van der Waals surface area contributed by atoms with Crippen molar-refractivity contribution in [2.75, 3.05) is 25.3 Å². The summed E-state index contributed by atoms with van der Waals surface area (Å²) in [4.78, 5) is 20.1. The van der Waals surface area contributed by atoms with Gasteiger partial charge in [0.1, 0.15) is 22.2 Å². The Balaban J connectivity index is 1.41. The van der Waals surface area contributed by atoms with Gasteiger partial charge in [-0.05, 0) is 31.2 Å². The zero-order valence-corrected chi connectivity index (χ0v) is 20.4. The van der Waals surface area contributed by atoms with Gasteiger partial charge in [0, 0.05) is 35.2 Å². The van der Waals surface area contributed by atoms with Crippen LogP contribution in [0.1, 0.15) is 36.0 Å². The summed E-state index contributed by atoms with van der Waals surface area (Å²) < 4.78 is 12.6. The van der Waals surface area contributed by atoms with E-state index in [-0.39, 0.29) is 11.7 Å². The van der Waals surface area contributed by atoms with E-state index in [1.807, 2.05) is 4.40 Å². The fraction of sp³-hybridized carbons (Fsp3) is 0.391. The number of amides is 1. The van der Waals surface area contributed by atoms with Crippen LogP contribution in [0.5, 0.6) is 11.5 Å². The molecule has 33 heavy (non-hydrogen) atoms. The molecule has 0 aliphatic heterocycles. The number of nitrogens with one attached hydrogen (secondary N) is 1. The van der Waals surface area contributed by atoms with Gasteiger partial charge in [-0.2, -0.15) is 0 Å². The Morgan fingerprint density at radius 2 is 1.91 bits per heavy atom. The van der Waals surface area contributed by atoms with Crippen molar-refractivity contribution in [1.82, 2.24) is 19.6 Å². The Bertz CT molecular complexity index is 1330. The molecule has 0 saturated heterocycles. The second-order valence-corrected chi connectivity index (χ2v) is 9.88. The van der Waals surface area contributed by atoms with Crippen LogP contribution in [0, 0.1) is 0 Å². The molecule has 4 aromatic rings. The molecule has 1 aliphatic carbocycles. The van der Waals surface area contributed by atoms with E-state index in [9.17, 15) is 4.79 Å². The minimum atomic E-state index is -0.146. The van der Waals surface area contributed by atoms with Gasteiger partial charge in [-0.1, -0.05) is 18.7 Å². The van der Waals surface area contributed by atoms with Crippen LogP contribution in [0.2, 0.25) is 0 Å². The van der Waals surface area contributed by atoms with Crippen LogP contribution in [0.25, 0.3) is 15.9 Å². The van der Waals surface area contributed by atoms with E-state index in [0.29, 0.717) is 22.3 Å². The van der Waals surface area contributed by atoms with E-state index in [0.717, 1.165) is 41.0 Å². The summed E-state index contributed by atoms with van der Waals surface area (Å²) in [7, 11) is 3.15. The van der Waals surface area contributed by atoms with Crippen molar-refractivity contribution in [2.24, 2.45) is 0 Å². The molecule has 3 aromatic heterocycles. The molecule has 1 aliphatic rings. The third-order valence-corrected chi connectivity index (χ3v) is 7.90. The number of fused-ring (bicyclic) bond motifs is 5. The minimum Gasteiger partial charge on any atom is -0.497 e. The standard InChI is InChI=1S/C23H25N5O3S2/c1-4-18-25-22-20(16-7-5-6-8-17(16)33-22)21-26-27-23(28(18)21)32-12-19(29)24-13-9-14(30-2)11-15(10-13)31-3/h9-11H,4-8,12H2,1-3H3,(H,24,29). The number of carbonyl (C=O) groups excluding carboxylic acids is 1. The van der Waals surface area contributed by atoms with Crippen molar-refractivity contribution >= 4 is 50.6 Å². The summed E-state index contributed by atoms with van der Waals surface area (Å²) >= 11 is 3.16. The number of ether oxygens (including phenoxy) is 2. The molecule has 0 bridgehead atoms. The summed E-state index contributed by atoms with van der Waals surface area (Å²) in [6.07, 6.45) is 5.38. The first-order valence-electron chi connectivity index (χ1n) is 10.9. The molecule has 0 spiro atoms. The molecular weight excluding hydrogens is 458 g/mol. The number of benzene rings is 1. The van der Waals surface area contributed by atoms with Crippen LogP contribution >= 0.6 is 23.1 Å². The average molecular weight is 484 g/mol. The van der Waals surface area contributed by atoms with E-state index in [2.05, 4.69) is 22.4 Å². The normalized spacial score (nSPS) is 13.3. The zero-order valence-electron chi connectivity index (χ0n) is 18.8. The smallest absolute Gasteiger partial charge is 0.234 e. The lowest BCUT2D eigenvalue weighted by molar-refractivity contribution is -0.113. The third-order valence-electron chi connectivity index (χ3n) is 5.78. The quantitative estimate of drug-likeness (QED) is 0.386. The minimum absolute atomic E-state index is 0.146. The van der Waals surface area contributed by atoms with E-state index in [4.69, 9.17) is 14.5 Å². The Kier molecular flexibility index (Phi) is 6.11. The molecule has 0 unspecified atom stereocenters. The average Bonchev–Trinajstić information content (AvgIpc) is 3.42. The number of rotatable bonds is 7. The van der Waals surface area contributed by atoms with Gasteiger partial charge in [0.2, 0.25) is 5.91 Å². The number of methoxy groups -OCH3 is 2. The number of anilines is 1. The van der Waals surface area contributed by atoms with Crippen molar-refractivity contribution in [1.29, 1.82) is 0 Å². The second-order valence-electron chi connectivity index (χ2n) is 7.85. The van der Waals surface area contributed by atoms with Crippen molar-refractivity contribution in [3.05, 3.63) is 34.5 Å². The number of thioether (sulfide) groups is 1. The molecule has 172 valence electrons. The van der Waals surface area contributed by atoms with Crippen molar-refractivity contribution in [2.45, 2.75) is 44.2 Å². The highest BCUT2D eigenvalue weighted by molar-refractivity contribution is 7.99. The van der Waals surface area contributed by atoms with Gasteiger partial charge < -0.3 is 14.8 Å². The lowest BCUT2D eigenvalue weighted by Crippen LogP contribution is -2.14. The van der Waals surface area contributed by atoms with Gasteiger partial charge in [0.25, 0.3) is 0 Å². The Morgan fingerprint density at radius 1 is 1.15 bits per heavy atom. The molecule has 3 heterocycles. The first-order chi connectivity index (χ1) is 16.1. The van der Waals surface area contributed by atoms with Gasteiger partial charge in [0.15, 0.2) is 10.8 Å². The van der Waals surface area contributed by atoms with E-state index in [1.54, 1.807) is 43.8 Å². The first-order valence-corrected chi connectivity index (χ1v) is 12.8. The lowest BCUT2D eigenvalue weighted by atomic mass is 9.97. The fourth-order valence-electron chi connectivity index (χ4n) is 4.23. The number of hydrogen-bond acceptors (Lipinski definition) is 8. The molecule has 0 radical (unpaired) electrons. The van der Waals surface area contributed by atoms with Crippen LogP contribution in [0.3, 0.4) is 0 Å². The maximum Gasteiger partial charge on any atom is 0.234 e. The molecule has 0 fully saturated rings. The van der Waals surface area contributed by atoms with Crippen molar-refractivity contribution in [3.63, 3.8) is 0 Å². The van der Waals surface area contributed by atoms with Gasteiger partial charge in [0.05, 0.1) is 25.4 Å². The summed E-state index contributed by atoms with van der Waals surface area (Å²) in [6.45, 7) is 2.08.